The quantitative estimate of drug-likeness (QED) is 0.768. The second-order valence-corrected chi connectivity index (χ2v) is 6.75. The summed E-state index contributed by atoms with van der Waals surface area (Å²) in [7, 11) is 0. The second-order valence-electron chi connectivity index (χ2n) is 6.75. The van der Waals surface area contributed by atoms with Crippen molar-refractivity contribution in [1.82, 2.24) is 14.5 Å². The summed E-state index contributed by atoms with van der Waals surface area (Å²) in [5.74, 6) is -0.737. The Balaban J connectivity index is 1.97. The van der Waals surface area contributed by atoms with Crippen LogP contribution in [0.2, 0.25) is 0 Å². The minimum Gasteiger partial charge on any atom is -0.352 e. The molecule has 1 atom stereocenters. The molecular weight excluding hydrogens is 349 g/mol. The molecule has 4 rings (SSSR count). The van der Waals surface area contributed by atoms with Gasteiger partial charge in [0, 0.05) is 6.04 Å². The van der Waals surface area contributed by atoms with E-state index in [2.05, 4.69) is 5.32 Å². The lowest BCUT2D eigenvalue weighted by molar-refractivity contribution is -0.124. The Morgan fingerprint density at radius 3 is 2.44 bits per heavy atom. The molecule has 1 aromatic heterocycles. The lowest BCUT2D eigenvalue weighted by Gasteiger charge is -2.19. The van der Waals surface area contributed by atoms with E-state index in [1.165, 1.54) is 28.8 Å². The number of carbonyl (C=O) groups is 1. The van der Waals surface area contributed by atoms with Crippen LogP contribution in [0, 0.1) is 5.82 Å². The average Bonchev–Trinajstić information content (AvgIpc) is 3.47. The van der Waals surface area contributed by atoms with Crippen molar-refractivity contribution in [3.63, 3.8) is 0 Å². The summed E-state index contributed by atoms with van der Waals surface area (Å²) in [5.41, 5.74) is -0.498. The summed E-state index contributed by atoms with van der Waals surface area (Å²) in [6.07, 6.45) is 1.87. The zero-order valence-electron chi connectivity index (χ0n) is 14.7. The largest absolute Gasteiger partial charge is 0.352 e. The number of hydrogen-bond donors (Lipinski definition) is 1. The first-order valence-electron chi connectivity index (χ1n) is 8.80. The van der Waals surface area contributed by atoms with E-state index in [4.69, 9.17) is 0 Å². The van der Waals surface area contributed by atoms with Crippen molar-refractivity contribution in [2.75, 3.05) is 0 Å². The van der Waals surface area contributed by atoms with Gasteiger partial charge in [0.15, 0.2) is 0 Å². The molecule has 1 amide bonds. The molecule has 1 heterocycles. The highest BCUT2D eigenvalue weighted by Crippen LogP contribution is 2.21. The van der Waals surface area contributed by atoms with Gasteiger partial charge in [0.25, 0.3) is 5.56 Å². The van der Waals surface area contributed by atoms with E-state index in [1.807, 2.05) is 0 Å². The SMILES string of the molecule is CC(C(=O)NC1CC1)n1c(=O)n(-c2ccc(F)cc2)c(=O)c2ccccc21. The lowest BCUT2D eigenvalue weighted by atomic mass is 10.2. The van der Waals surface area contributed by atoms with E-state index in [0.29, 0.717) is 10.9 Å². The molecule has 0 bridgehead atoms. The number of fused-ring (bicyclic) bond motifs is 1. The predicted octanol–water partition coefficient (Wildman–Crippen LogP) is 2.13. The Hall–Kier alpha value is -3.22. The maximum Gasteiger partial charge on any atom is 0.336 e. The highest BCUT2D eigenvalue weighted by Gasteiger charge is 2.28. The monoisotopic (exact) mass is 367 g/mol. The van der Waals surface area contributed by atoms with Crippen LogP contribution in [0.25, 0.3) is 16.6 Å². The van der Waals surface area contributed by atoms with Gasteiger partial charge < -0.3 is 5.32 Å². The van der Waals surface area contributed by atoms with E-state index >= 15 is 0 Å². The van der Waals surface area contributed by atoms with Crippen LogP contribution in [0.1, 0.15) is 25.8 Å². The number of nitrogens with one attached hydrogen (secondary N) is 1. The average molecular weight is 367 g/mol. The molecule has 0 spiro atoms. The molecule has 1 fully saturated rings. The number of halogens is 1. The van der Waals surface area contributed by atoms with Gasteiger partial charge >= 0.3 is 5.69 Å². The van der Waals surface area contributed by atoms with Gasteiger partial charge in [-0.15, -0.1) is 0 Å². The molecule has 1 saturated carbocycles. The van der Waals surface area contributed by atoms with Crippen LogP contribution < -0.4 is 16.6 Å². The fraction of sp³-hybridized carbons (Fsp3) is 0.250. The zero-order valence-corrected chi connectivity index (χ0v) is 14.7. The van der Waals surface area contributed by atoms with E-state index in [1.54, 1.807) is 31.2 Å². The van der Waals surface area contributed by atoms with Crippen LogP contribution >= 0.6 is 0 Å². The number of nitrogens with zero attached hydrogens (tertiary/aromatic N) is 2. The van der Waals surface area contributed by atoms with Crippen molar-refractivity contribution in [3.8, 4) is 5.69 Å². The van der Waals surface area contributed by atoms with Crippen molar-refractivity contribution >= 4 is 16.8 Å². The number of benzene rings is 2. The maximum atomic E-state index is 13.3. The second kappa shape index (κ2) is 6.50. The van der Waals surface area contributed by atoms with Crippen LogP contribution in [-0.4, -0.2) is 21.1 Å². The number of rotatable bonds is 4. The molecule has 1 aliphatic carbocycles. The van der Waals surface area contributed by atoms with E-state index in [-0.39, 0.29) is 17.6 Å². The number of aromatic nitrogens is 2. The van der Waals surface area contributed by atoms with Crippen molar-refractivity contribution in [1.29, 1.82) is 0 Å². The highest BCUT2D eigenvalue weighted by molar-refractivity contribution is 5.84. The van der Waals surface area contributed by atoms with Gasteiger partial charge in [-0.3, -0.25) is 14.2 Å². The van der Waals surface area contributed by atoms with Crippen LogP contribution in [-0.2, 0) is 4.79 Å². The first-order valence-corrected chi connectivity index (χ1v) is 8.80. The highest BCUT2D eigenvalue weighted by atomic mass is 19.1. The normalized spacial score (nSPS) is 14.9. The smallest absolute Gasteiger partial charge is 0.336 e. The molecule has 27 heavy (non-hydrogen) atoms. The van der Waals surface area contributed by atoms with Gasteiger partial charge in [-0.05, 0) is 56.2 Å². The van der Waals surface area contributed by atoms with Crippen molar-refractivity contribution in [2.45, 2.75) is 31.8 Å². The van der Waals surface area contributed by atoms with Crippen molar-refractivity contribution in [3.05, 3.63) is 75.2 Å². The first kappa shape index (κ1) is 17.2. The zero-order chi connectivity index (χ0) is 19.1. The van der Waals surface area contributed by atoms with Crippen LogP contribution in [0.15, 0.2) is 58.1 Å². The van der Waals surface area contributed by atoms with Gasteiger partial charge in [0.2, 0.25) is 5.91 Å². The Bertz CT molecular complexity index is 1140. The molecule has 1 aliphatic rings. The molecule has 6 nitrogen and oxygen atoms in total. The van der Waals surface area contributed by atoms with E-state index < -0.39 is 23.1 Å². The topological polar surface area (TPSA) is 73.1 Å². The summed E-state index contributed by atoms with van der Waals surface area (Å²) in [5, 5.41) is 3.20. The Morgan fingerprint density at radius 2 is 1.78 bits per heavy atom. The fourth-order valence-electron chi connectivity index (χ4n) is 3.14. The molecular formula is C20H18FN3O3. The number of carbonyl (C=O) groups excluding carboxylic acids is 1. The number of para-hydroxylation sites is 1. The summed E-state index contributed by atoms with van der Waals surface area (Å²) < 4.78 is 15.6. The molecule has 138 valence electrons. The molecule has 0 saturated heterocycles. The fourth-order valence-corrected chi connectivity index (χ4v) is 3.14. The van der Waals surface area contributed by atoms with Crippen LogP contribution in [0.3, 0.4) is 0 Å². The lowest BCUT2D eigenvalue weighted by Crippen LogP contribution is -2.44. The standard InChI is InChI=1S/C20H18FN3O3/c1-12(18(25)22-14-8-9-14)23-17-5-3-2-4-16(17)19(26)24(20(23)27)15-10-6-13(21)7-11-15/h2-7,10-12,14H,8-9H2,1H3,(H,22,25). The summed E-state index contributed by atoms with van der Waals surface area (Å²) >= 11 is 0. The third kappa shape index (κ3) is 3.05. The van der Waals surface area contributed by atoms with Gasteiger partial charge in [-0.1, -0.05) is 12.1 Å². The van der Waals surface area contributed by atoms with E-state index in [9.17, 15) is 18.8 Å². The Morgan fingerprint density at radius 1 is 1.11 bits per heavy atom. The van der Waals surface area contributed by atoms with Crippen molar-refractivity contribution in [2.24, 2.45) is 0 Å². The molecule has 7 heteroatoms. The molecule has 0 aliphatic heterocycles. The van der Waals surface area contributed by atoms with Gasteiger partial charge in [-0.25, -0.2) is 13.8 Å². The van der Waals surface area contributed by atoms with Crippen molar-refractivity contribution < 1.29 is 9.18 Å². The molecule has 0 radical (unpaired) electrons. The molecule has 1 unspecified atom stereocenters. The Labute approximate surface area is 153 Å². The van der Waals surface area contributed by atoms with Gasteiger partial charge in [0.1, 0.15) is 11.9 Å². The minimum absolute atomic E-state index is 0.157. The minimum atomic E-state index is -0.796. The summed E-state index contributed by atoms with van der Waals surface area (Å²) in [6, 6.07) is 11.1. The first-order chi connectivity index (χ1) is 13.0. The number of amides is 1. The third-order valence-electron chi connectivity index (χ3n) is 4.77. The van der Waals surface area contributed by atoms with Crippen LogP contribution in [0.5, 0.6) is 0 Å². The molecule has 2 aromatic carbocycles. The van der Waals surface area contributed by atoms with Crippen LogP contribution in [0.4, 0.5) is 4.39 Å². The maximum absolute atomic E-state index is 13.3. The summed E-state index contributed by atoms with van der Waals surface area (Å²) in [4.78, 5) is 38.7. The molecule has 1 N–H and O–H groups in total. The third-order valence-corrected chi connectivity index (χ3v) is 4.77. The van der Waals surface area contributed by atoms with E-state index in [0.717, 1.165) is 17.4 Å². The molecule has 3 aromatic rings. The predicted molar refractivity (Wildman–Crippen MR) is 99.6 cm³/mol. The summed E-state index contributed by atoms with van der Waals surface area (Å²) in [6.45, 7) is 1.63. The number of hydrogen-bond acceptors (Lipinski definition) is 3. The Kier molecular flexibility index (Phi) is 4.14. The van der Waals surface area contributed by atoms with Gasteiger partial charge in [0.05, 0.1) is 16.6 Å². The van der Waals surface area contributed by atoms with Gasteiger partial charge in [-0.2, -0.15) is 0 Å².